The molecule has 0 bridgehead atoms. The zero-order chi connectivity index (χ0) is 10.1. The highest BCUT2D eigenvalue weighted by atomic mass is 32.5. The van der Waals surface area contributed by atoms with Crippen LogP contribution in [0.2, 0.25) is 0 Å². The summed E-state index contributed by atoms with van der Waals surface area (Å²) < 4.78 is 59.4. The van der Waals surface area contributed by atoms with Gasteiger partial charge in [-0.25, -0.2) is 0 Å². The predicted molar refractivity (Wildman–Crippen MR) is 41.6 cm³/mol. The average Bonchev–Trinajstić information content (AvgIpc) is 1.76. The normalized spacial score (nSPS) is 19.2. The van der Waals surface area contributed by atoms with Gasteiger partial charge in [-0.1, -0.05) is 38.7 Å². The van der Waals surface area contributed by atoms with Crippen molar-refractivity contribution in [2.24, 2.45) is 0 Å². The van der Waals surface area contributed by atoms with Gasteiger partial charge in [0.1, 0.15) is 4.91 Å². The van der Waals surface area contributed by atoms with Crippen LogP contribution in [-0.4, -0.2) is 0 Å². The van der Waals surface area contributed by atoms with Crippen LogP contribution in [0.1, 0.15) is 0 Å². The van der Waals surface area contributed by atoms with Gasteiger partial charge in [-0.05, 0) is 12.2 Å². The van der Waals surface area contributed by atoms with E-state index in [2.05, 4.69) is 13.2 Å². The summed E-state index contributed by atoms with van der Waals surface area (Å²) in [4.78, 5) is -2.02. The van der Waals surface area contributed by atoms with E-state index in [9.17, 15) is 19.4 Å². The van der Waals surface area contributed by atoms with E-state index < -0.39 is 15.1 Å². The van der Waals surface area contributed by atoms with Gasteiger partial charge in [0.2, 0.25) is 0 Å². The third kappa shape index (κ3) is 3.08. The molecule has 0 amide bonds. The Kier molecular flexibility index (Phi) is 1.99. The molecule has 0 aromatic heterocycles. The molecule has 6 heteroatoms. The first-order chi connectivity index (χ1) is 5.01. The van der Waals surface area contributed by atoms with Crippen molar-refractivity contribution in [3.8, 4) is 0 Å². The lowest BCUT2D eigenvalue weighted by Crippen LogP contribution is -2.06. The SMILES string of the molecule is C=C/C=C(\C=C)S(F)(F)(F)(F)F. The molecule has 0 aliphatic carbocycles. The van der Waals surface area contributed by atoms with Crippen molar-refractivity contribution >= 4 is 10.2 Å². The van der Waals surface area contributed by atoms with Gasteiger partial charge in [0.15, 0.2) is 0 Å². The van der Waals surface area contributed by atoms with Crippen LogP contribution in [0.15, 0.2) is 36.3 Å². The van der Waals surface area contributed by atoms with E-state index in [1.807, 2.05) is 0 Å². The minimum Gasteiger partial charge on any atom is -0.0990 e. The van der Waals surface area contributed by atoms with Crippen molar-refractivity contribution in [3.63, 3.8) is 0 Å². The van der Waals surface area contributed by atoms with E-state index in [1.165, 1.54) is 0 Å². The Hall–Kier alpha value is -0.780. The molecule has 0 nitrogen and oxygen atoms in total. The van der Waals surface area contributed by atoms with E-state index in [-0.39, 0.29) is 12.2 Å². The Morgan fingerprint density at radius 1 is 1.00 bits per heavy atom. The van der Waals surface area contributed by atoms with E-state index in [0.717, 1.165) is 0 Å². The second-order valence-corrected chi connectivity index (χ2v) is 4.39. The van der Waals surface area contributed by atoms with E-state index >= 15 is 0 Å². The third-order valence-electron chi connectivity index (χ3n) is 0.929. The molecule has 0 fully saturated rings. The summed E-state index contributed by atoms with van der Waals surface area (Å²) in [6.45, 7) is 5.54. The molecule has 0 aliphatic rings. The van der Waals surface area contributed by atoms with Crippen LogP contribution in [0.3, 0.4) is 0 Å². The Balaban J connectivity index is 5.44. The van der Waals surface area contributed by atoms with Gasteiger partial charge in [-0.2, -0.15) is 0 Å². The Bertz CT molecular complexity index is 243. The fourth-order valence-corrected chi connectivity index (χ4v) is 1.14. The first kappa shape index (κ1) is 11.2. The minimum absolute atomic E-state index is 0.0727. The standard InChI is InChI=1S/C6H7F5S/c1-3-5-6(4-2)12(7,8,9,10)11/h3-5H,1-2H2/b6-5+. The molecule has 0 N–H and O–H groups in total. The van der Waals surface area contributed by atoms with Gasteiger partial charge in [-0.3, -0.25) is 0 Å². The average molecular weight is 206 g/mol. The number of allylic oxidation sites excluding steroid dienone is 3. The van der Waals surface area contributed by atoms with Gasteiger partial charge in [-0.15, -0.1) is 0 Å². The van der Waals surface area contributed by atoms with Crippen molar-refractivity contribution < 1.29 is 19.4 Å². The fraction of sp³-hybridized carbons (Fsp3) is 0. The monoisotopic (exact) mass is 206 g/mol. The van der Waals surface area contributed by atoms with Crippen molar-refractivity contribution in [2.45, 2.75) is 0 Å². The molecule has 0 spiro atoms. The largest absolute Gasteiger partial charge is 0.310 e. The van der Waals surface area contributed by atoms with E-state index in [1.54, 1.807) is 0 Å². The van der Waals surface area contributed by atoms with Crippen LogP contribution in [0.5, 0.6) is 0 Å². The maximum Gasteiger partial charge on any atom is 0.310 e. The summed E-state index contributed by atoms with van der Waals surface area (Å²) >= 11 is 0. The Morgan fingerprint density at radius 2 is 1.42 bits per heavy atom. The molecule has 0 unspecified atom stereocenters. The van der Waals surface area contributed by atoms with Gasteiger partial charge in [0.25, 0.3) is 0 Å². The van der Waals surface area contributed by atoms with Crippen LogP contribution < -0.4 is 0 Å². The van der Waals surface area contributed by atoms with E-state index in [4.69, 9.17) is 0 Å². The number of hydrogen-bond donors (Lipinski definition) is 0. The lowest BCUT2D eigenvalue weighted by Gasteiger charge is -2.41. The summed E-state index contributed by atoms with van der Waals surface area (Å²) in [5.41, 5.74) is 0. The van der Waals surface area contributed by atoms with Crippen LogP contribution >= 0.6 is 10.2 Å². The van der Waals surface area contributed by atoms with Crippen LogP contribution in [-0.2, 0) is 0 Å². The lowest BCUT2D eigenvalue weighted by atomic mass is 10.5. The smallest absolute Gasteiger partial charge is 0.0990 e. The molecule has 0 aliphatic heterocycles. The second kappa shape index (κ2) is 2.12. The first-order valence-electron chi connectivity index (χ1n) is 2.70. The number of rotatable bonds is 3. The van der Waals surface area contributed by atoms with Crippen LogP contribution in [0.4, 0.5) is 19.4 Å². The molecule has 0 saturated heterocycles. The summed E-state index contributed by atoms with van der Waals surface area (Å²) in [5, 5.41) is 0. The number of hydrogen-bond acceptors (Lipinski definition) is 0. The molecule has 12 heavy (non-hydrogen) atoms. The summed E-state index contributed by atoms with van der Waals surface area (Å²) in [6.07, 6.45) is 0.896. The van der Waals surface area contributed by atoms with E-state index in [0.29, 0.717) is 6.08 Å². The van der Waals surface area contributed by atoms with Crippen molar-refractivity contribution in [2.75, 3.05) is 0 Å². The highest BCUT2D eigenvalue weighted by Crippen LogP contribution is 3.02. The zero-order valence-electron chi connectivity index (χ0n) is 5.94. The lowest BCUT2D eigenvalue weighted by molar-refractivity contribution is 0.380. The van der Waals surface area contributed by atoms with Crippen LogP contribution in [0, 0.1) is 0 Å². The maximum absolute atomic E-state index is 11.9. The minimum atomic E-state index is -9.53. The number of halogens is 5. The third-order valence-corrected chi connectivity index (χ3v) is 2.12. The summed E-state index contributed by atoms with van der Waals surface area (Å²) in [7, 11) is -9.53. The first-order valence-corrected chi connectivity index (χ1v) is 4.65. The molecule has 0 aromatic carbocycles. The Labute approximate surface area is 66.8 Å². The fourth-order valence-electron chi connectivity index (χ4n) is 0.470. The van der Waals surface area contributed by atoms with Gasteiger partial charge in [0, 0.05) is 0 Å². The maximum atomic E-state index is 11.9. The molecule has 0 atom stereocenters. The van der Waals surface area contributed by atoms with Crippen molar-refractivity contribution in [3.05, 3.63) is 36.3 Å². The zero-order valence-corrected chi connectivity index (χ0v) is 6.76. The molecule has 0 aromatic rings. The van der Waals surface area contributed by atoms with Crippen molar-refractivity contribution in [1.29, 1.82) is 0 Å². The quantitative estimate of drug-likeness (QED) is 0.469. The molecular formula is C6H7F5S. The van der Waals surface area contributed by atoms with Gasteiger partial charge < -0.3 is 0 Å². The molecule has 0 heterocycles. The molecule has 0 rings (SSSR count). The topological polar surface area (TPSA) is 0 Å². The molecular weight excluding hydrogens is 199 g/mol. The van der Waals surface area contributed by atoms with Gasteiger partial charge >= 0.3 is 10.2 Å². The molecule has 72 valence electrons. The van der Waals surface area contributed by atoms with Crippen LogP contribution in [0.25, 0.3) is 0 Å². The highest BCUT2D eigenvalue weighted by Gasteiger charge is 2.65. The Morgan fingerprint density at radius 3 is 1.50 bits per heavy atom. The predicted octanol–water partition coefficient (Wildman–Crippen LogP) is 4.54. The van der Waals surface area contributed by atoms with Gasteiger partial charge in [0.05, 0.1) is 0 Å². The molecule has 0 radical (unpaired) electrons. The summed E-state index contributed by atoms with van der Waals surface area (Å²) in [6, 6.07) is 0. The summed E-state index contributed by atoms with van der Waals surface area (Å²) in [5.74, 6) is 0. The van der Waals surface area contributed by atoms with Crippen molar-refractivity contribution in [1.82, 2.24) is 0 Å². The molecule has 0 saturated carbocycles. The second-order valence-electron chi connectivity index (χ2n) is 1.98. The highest BCUT2D eigenvalue weighted by molar-refractivity contribution is 8.48.